The van der Waals surface area contributed by atoms with Gasteiger partial charge in [-0.3, -0.25) is 14.8 Å². The zero-order valence-electron chi connectivity index (χ0n) is 14.6. The highest BCUT2D eigenvalue weighted by Gasteiger charge is 2.16. The SMILES string of the molecule is Cc1cccc(-c2nc3nc(CN4CCN(C)CC4)cc(=O)n3[nH]2)c1. The van der Waals surface area contributed by atoms with Crippen LogP contribution in [0.4, 0.5) is 0 Å². The fourth-order valence-electron chi connectivity index (χ4n) is 3.16. The molecule has 3 heterocycles. The van der Waals surface area contributed by atoms with Gasteiger partial charge in [0.05, 0.1) is 5.69 Å². The van der Waals surface area contributed by atoms with Crippen LogP contribution in [0.2, 0.25) is 0 Å². The summed E-state index contributed by atoms with van der Waals surface area (Å²) in [7, 11) is 2.13. The second kappa shape index (κ2) is 6.42. The van der Waals surface area contributed by atoms with Gasteiger partial charge in [0.15, 0.2) is 5.82 Å². The van der Waals surface area contributed by atoms with Crippen molar-refractivity contribution in [2.75, 3.05) is 33.2 Å². The summed E-state index contributed by atoms with van der Waals surface area (Å²) in [6.07, 6.45) is 0. The molecular weight excluding hydrogens is 316 g/mol. The van der Waals surface area contributed by atoms with Gasteiger partial charge in [0.25, 0.3) is 11.3 Å². The summed E-state index contributed by atoms with van der Waals surface area (Å²) in [6.45, 7) is 6.79. The maximum Gasteiger partial charge on any atom is 0.274 e. The highest BCUT2D eigenvalue weighted by Crippen LogP contribution is 2.16. The Morgan fingerprint density at radius 2 is 1.92 bits per heavy atom. The smallest absolute Gasteiger partial charge is 0.274 e. The van der Waals surface area contributed by atoms with E-state index in [2.05, 4.69) is 31.9 Å². The number of piperazine rings is 1. The van der Waals surface area contributed by atoms with Gasteiger partial charge in [0, 0.05) is 44.4 Å². The molecule has 1 aromatic carbocycles. The zero-order chi connectivity index (χ0) is 17.4. The van der Waals surface area contributed by atoms with Gasteiger partial charge < -0.3 is 4.90 Å². The van der Waals surface area contributed by atoms with Crippen molar-refractivity contribution in [3.8, 4) is 11.4 Å². The Morgan fingerprint density at radius 1 is 1.12 bits per heavy atom. The topological polar surface area (TPSA) is 69.5 Å². The Hall–Kier alpha value is -2.51. The average molecular weight is 338 g/mol. The molecule has 0 amide bonds. The fourth-order valence-corrected chi connectivity index (χ4v) is 3.16. The molecule has 0 saturated carbocycles. The number of aromatic amines is 1. The van der Waals surface area contributed by atoms with E-state index in [-0.39, 0.29) is 5.56 Å². The van der Waals surface area contributed by atoms with Crippen molar-refractivity contribution in [2.45, 2.75) is 13.5 Å². The minimum Gasteiger partial charge on any atom is -0.304 e. The van der Waals surface area contributed by atoms with E-state index in [4.69, 9.17) is 0 Å². The first-order valence-electron chi connectivity index (χ1n) is 8.55. The minimum absolute atomic E-state index is 0.125. The number of H-pyrrole nitrogens is 1. The molecule has 2 aromatic heterocycles. The van der Waals surface area contributed by atoms with Crippen molar-refractivity contribution >= 4 is 5.78 Å². The summed E-state index contributed by atoms with van der Waals surface area (Å²) in [5.74, 6) is 1.08. The van der Waals surface area contributed by atoms with Crippen LogP contribution in [0.1, 0.15) is 11.3 Å². The van der Waals surface area contributed by atoms with Gasteiger partial charge >= 0.3 is 0 Å². The lowest BCUT2D eigenvalue weighted by Crippen LogP contribution is -2.44. The van der Waals surface area contributed by atoms with Crippen molar-refractivity contribution in [3.63, 3.8) is 0 Å². The van der Waals surface area contributed by atoms with Gasteiger partial charge in [0.2, 0.25) is 0 Å². The van der Waals surface area contributed by atoms with Crippen molar-refractivity contribution in [1.82, 2.24) is 29.4 Å². The highest BCUT2D eigenvalue weighted by atomic mass is 16.1. The lowest BCUT2D eigenvalue weighted by atomic mass is 10.1. The number of aromatic nitrogens is 4. The number of hydrogen-bond donors (Lipinski definition) is 1. The molecule has 0 radical (unpaired) electrons. The summed E-state index contributed by atoms with van der Waals surface area (Å²) < 4.78 is 1.41. The van der Waals surface area contributed by atoms with Crippen LogP contribution in [0.3, 0.4) is 0 Å². The van der Waals surface area contributed by atoms with Gasteiger partial charge in [0.1, 0.15) is 0 Å². The molecule has 0 unspecified atom stereocenters. The van der Waals surface area contributed by atoms with E-state index in [9.17, 15) is 4.79 Å². The monoisotopic (exact) mass is 338 g/mol. The van der Waals surface area contributed by atoms with Crippen LogP contribution in [0.25, 0.3) is 17.2 Å². The number of nitrogens with one attached hydrogen (secondary N) is 1. The molecule has 1 saturated heterocycles. The van der Waals surface area contributed by atoms with Crippen LogP contribution in [0.15, 0.2) is 35.1 Å². The van der Waals surface area contributed by atoms with Gasteiger partial charge in [-0.15, -0.1) is 0 Å². The molecule has 0 aliphatic carbocycles. The van der Waals surface area contributed by atoms with E-state index in [0.717, 1.165) is 43.0 Å². The summed E-state index contributed by atoms with van der Waals surface area (Å²) >= 11 is 0. The number of fused-ring (bicyclic) bond motifs is 1. The molecule has 1 fully saturated rings. The molecule has 0 spiro atoms. The predicted molar refractivity (Wildman–Crippen MR) is 96.6 cm³/mol. The first-order chi connectivity index (χ1) is 12.1. The summed E-state index contributed by atoms with van der Waals surface area (Å²) in [5.41, 5.74) is 2.75. The molecule has 1 aliphatic heterocycles. The molecule has 0 atom stereocenters. The largest absolute Gasteiger partial charge is 0.304 e. The third-order valence-electron chi connectivity index (χ3n) is 4.66. The first kappa shape index (κ1) is 16.0. The molecule has 0 bridgehead atoms. The zero-order valence-corrected chi connectivity index (χ0v) is 14.6. The van der Waals surface area contributed by atoms with Crippen molar-refractivity contribution in [1.29, 1.82) is 0 Å². The Morgan fingerprint density at radius 3 is 2.68 bits per heavy atom. The van der Waals surface area contributed by atoms with E-state index in [0.29, 0.717) is 18.1 Å². The molecule has 7 nitrogen and oxygen atoms in total. The minimum atomic E-state index is -0.125. The van der Waals surface area contributed by atoms with Crippen LogP contribution in [-0.2, 0) is 6.54 Å². The predicted octanol–water partition coefficient (Wildman–Crippen LogP) is 1.14. The second-order valence-corrected chi connectivity index (χ2v) is 6.74. The van der Waals surface area contributed by atoms with Gasteiger partial charge in [-0.2, -0.15) is 9.50 Å². The van der Waals surface area contributed by atoms with Crippen LogP contribution < -0.4 is 5.56 Å². The van der Waals surface area contributed by atoms with Gasteiger partial charge in [-0.1, -0.05) is 23.8 Å². The quantitative estimate of drug-likeness (QED) is 0.776. The number of likely N-dealkylation sites (N-methyl/N-ethyl adjacent to an activating group) is 1. The van der Waals surface area contributed by atoms with E-state index < -0.39 is 0 Å². The third-order valence-corrected chi connectivity index (χ3v) is 4.66. The molecule has 1 aliphatic rings. The molecule has 7 heteroatoms. The van der Waals surface area contributed by atoms with Crippen molar-refractivity contribution in [3.05, 3.63) is 51.9 Å². The lowest BCUT2D eigenvalue weighted by Gasteiger charge is -2.31. The van der Waals surface area contributed by atoms with E-state index >= 15 is 0 Å². The van der Waals surface area contributed by atoms with Crippen molar-refractivity contribution < 1.29 is 0 Å². The van der Waals surface area contributed by atoms with E-state index in [1.807, 2.05) is 31.2 Å². The van der Waals surface area contributed by atoms with Crippen LogP contribution >= 0.6 is 0 Å². The van der Waals surface area contributed by atoms with E-state index in [1.165, 1.54) is 4.52 Å². The Bertz CT molecular complexity index is 952. The maximum absolute atomic E-state index is 12.4. The summed E-state index contributed by atoms with van der Waals surface area (Å²) in [4.78, 5) is 26.2. The number of rotatable bonds is 3. The highest BCUT2D eigenvalue weighted by molar-refractivity contribution is 5.57. The Kier molecular flexibility index (Phi) is 4.10. The van der Waals surface area contributed by atoms with Gasteiger partial charge in [-0.25, -0.2) is 4.98 Å². The average Bonchev–Trinajstić information content (AvgIpc) is 3.02. The van der Waals surface area contributed by atoms with Crippen molar-refractivity contribution in [2.24, 2.45) is 0 Å². The van der Waals surface area contributed by atoms with Crippen LogP contribution in [0.5, 0.6) is 0 Å². The van der Waals surface area contributed by atoms with Crippen LogP contribution in [-0.4, -0.2) is 62.6 Å². The second-order valence-electron chi connectivity index (χ2n) is 6.74. The van der Waals surface area contributed by atoms with Gasteiger partial charge in [-0.05, 0) is 20.0 Å². The molecule has 4 rings (SSSR count). The number of benzene rings is 1. The first-order valence-corrected chi connectivity index (χ1v) is 8.55. The summed E-state index contributed by atoms with van der Waals surface area (Å²) in [6, 6.07) is 9.62. The summed E-state index contributed by atoms with van der Waals surface area (Å²) in [5, 5.41) is 3.05. The molecule has 130 valence electrons. The molecule has 25 heavy (non-hydrogen) atoms. The normalized spacial score (nSPS) is 16.6. The molecule has 1 N–H and O–H groups in total. The number of aryl methyl sites for hydroxylation is 1. The standard InChI is InChI=1S/C18H22N6O/c1-13-4-3-5-14(10-13)17-20-18-19-15(11-16(25)24(18)21-17)12-23-8-6-22(2)7-9-23/h3-5,10-11H,6-9,12H2,1-2H3,(H,19,20,21). The fraction of sp³-hybridized carbons (Fsp3) is 0.389. The Labute approximate surface area is 145 Å². The third kappa shape index (κ3) is 3.33. The lowest BCUT2D eigenvalue weighted by molar-refractivity contribution is 0.147. The number of hydrogen-bond acceptors (Lipinski definition) is 5. The Balaban J connectivity index is 1.64. The maximum atomic E-state index is 12.4. The van der Waals surface area contributed by atoms with E-state index in [1.54, 1.807) is 6.07 Å². The molecular formula is C18H22N6O. The molecule has 3 aromatic rings. The number of nitrogens with zero attached hydrogens (tertiary/aromatic N) is 5. The van der Waals surface area contributed by atoms with Crippen LogP contribution in [0, 0.1) is 6.92 Å².